The van der Waals surface area contributed by atoms with E-state index in [0.717, 1.165) is 11.5 Å². The van der Waals surface area contributed by atoms with E-state index in [1.165, 1.54) is 25.7 Å². The van der Waals surface area contributed by atoms with Crippen LogP contribution < -0.4 is 4.74 Å². The molecular weight excluding hydrogens is 270 g/mol. The molecule has 2 rings (SSSR count). The van der Waals surface area contributed by atoms with Gasteiger partial charge in [0, 0.05) is 0 Å². The highest BCUT2D eigenvalue weighted by Crippen LogP contribution is 2.28. The van der Waals surface area contributed by atoms with Gasteiger partial charge in [-0.1, -0.05) is 56.2 Å². The summed E-state index contributed by atoms with van der Waals surface area (Å²) in [6.45, 7) is -0.450. The number of hydrogen-bond donors (Lipinski definition) is 0. The predicted octanol–water partition coefficient (Wildman–Crippen LogP) is 5.68. The third kappa shape index (κ3) is 5.70. The summed E-state index contributed by atoms with van der Waals surface area (Å²) in [5.74, 6) is 1.76. The second-order valence-electron chi connectivity index (χ2n) is 5.71. The van der Waals surface area contributed by atoms with Crippen LogP contribution >= 0.6 is 0 Å². The Morgan fingerprint density at radius 2 is 1.71 bits per heavy atom. The fourth-order valence-corrected chi connectivity index (χ4v) is 2.63. The molecule has 1 saturated carbocycles. The summed E-state index contributed by atoms with van der Waals surface area (Å²) in [6.07, 6.45) is 13.5. The van der Waals surface area contributed by atoms with E-state index in [1.807, 2.05) is 12.2 Å². The van der Waals surface area contributed by atoms with Gasteiger partial charge in [-0.05, 0) is 42.4 Å². The first-order valence-corrected chi connectivity index (χ1v) is 7.53. The van der Waals surface area contributed by atoms with Gasteiger partial charge in [0.1, 0.15) is 5.75 Å². The summed E-state index contributed by atoms with van der Waals surface area (Å²) in [7, 11) is 0. The van der Waals surface area contributed by atoms with E-state index in [0.29, 0.717) is 5.92 Å². The van der Waals surface area contributed by atoms with Gasteiger partial charge in [0.15, 0.2) is 0 Å². The number of halogens is 2. The Balaban J connectivity index is 1.81. The van der Waals surface area contributed by atoms with Crippen LogP contribution in [0.2, 0.25) is 0 Å². The van der Waals surface area contributed by atoms with E-state index >= 15 is 0 Å². The smallest absolute Gasteiger partial charge is 0.387 e. The molecule has 3 heteroatoms. The molecule has 0 aliphatic heterocycles. The number of alkyl halides is 2. The van der Waals surface area contributed by atoms with Crippen molar-refractivity contribution in [3.8, 4) is 5.75 Å². The Labute approximate surface area is 125 Å². The average molecular weight is 292 g/mol. The van der Waals surface area contributed by atoms with Crippen LogP contribution in [0.25, 0.3) is 6.08 Å². The van der Waals surface area contributed by atoms with E-state index in [9.17, 15) is 8.78 Å². The SMILES string of the molecule is CC1CCC(/C=C/C=C/c2ccc(OC(F)F)cc2)CC1. The van der Waals surface area contributed by atoms with Gasteiger partial charge in [0.2, 0.25) is 0 Å². The largest absolute Gasteiger partial charge is 0.435 e. The molecule has 1 aliphatic rings. The van der Waals surface area contributed by atoms with Crippen LogP contribution in [0.1, 0.15) is 38.2 Å². The summed E-state index contributed by atoms with van der Waals surface area (Å²) >= 11 is 0. The minimum Gasteiger partial charge on any atom is -0.435 e. The highest BCUT2D eigenvalue weighted by molar-refractivity contribution is 5.52. The highest BCUT2D eigenvalue weighted by Gasteiger charge is 2.15. The average Bonchev–Trinajstić information content (AvgIpc) is 2.46. The standard InChI is InChI=1S/C18H22F2O/c1-14-6-8-15(9-7-14)4-2-3-5-16-10-12-17(13-11-16)21-18(19)20/h2-5,10-15,18H,6-9H2,1H3/b4-2+,5-3+. The molecule has 0 atom stereocenters. The van der Waals surface area contributed by atoms with E-state index in [1.54, 1.807) is 24.3 Å². The topological polar surface area (TPSA) is 9.23 Å². The molecular formula is C18H22F2O. The lowest BCUT2D eigenvalue weighted by Gasteiger charge is -2.23. The van der Waals surface area contributed by atoms with Crippen molar-refractivity contribution in [1.82, 2.24) is 0 Å². The van der Waals surface area contributed by atoms with E-state index in [2.05, 4.69) is 23.8 Å². The lowest BCUT2D eigenvalue weighted by molar-refractivity contribution is -0.0498. The molecule has 114 valence electrons. The van der Waals surface area contributed by atoms with Crippen molar-refractivity contribution in [2.75, 3.05) is 0 Å². The maximum atomic E-state index is 12.0. The molecule has 0 unspecified atom stereocenters. The summed E-state index contributed by atoms with van der Waals surface area (Å²) in [6, 6.07) is 6.64. The van der Waals surface area contributed by atoms with Crippen molar-refractivity contribution in [2.24, 2.45) is 11.8 Å². The minimum absolute atomic E-state index is 0.189. The molecule has 0 N–H and O–H groups in total. The molecule has 1 fully saturated rings. The van der Waals surface area contributed by atoms with Gasteiger partial charge in [0.05, 0.1) is 0 Å². The normalized spacial score (nSPS) is 23.2. The molecule has 0 aromatic heterocycles. The first-order valence-electron chi connectivity index (χ1n) is 7.53. The van der Waals surface area contributed by atoms with Crippen molar-refractivity contribution >= 4 is 6.08 Å². The fraction of sp³-hybridized carbons (Fsp3) is 0.444. The van der Waals surface area contributed by atoms with Crippen LogP contribution in [0.3, 0.4) is 0 Å². The Hall–Kier alpha value is -1.64. The zero-order valence-corrected chi connectivity index (χ0v) is 12.3. The maximum absolute atomic E-state index is 12.0. The van der Waals surface area contributed by atoms with Gasteiger partial charge in [0.25, 0.3) is 0 Å². The van der Waals surface area contributed by atoms with Crippen molar-refractivity contribution in [2.45, 2.75) is 39.2 Å². The second kappa shape index (κ2) is 7.96. The Morgan fingerprint density at radius 3 is 2.33 bits per heavy atom. The minimum atomic E-state index is -2.77. The van der Waals surface area contributed by atoms with Crippen LogP contribution in [0.5, 0.6) is 5.75 Å². The van der Waals surface area contributed by atoms with Crippen LogP contribution in [-0.4, -0.2) is 6.61 Å². The molecule has 1 aromatic carbocycles. The van der Waals surface area contributed by atoms with Crippen LogP contribution in [0.15, 0.2) is 42.5 Å². The van der Waals surface area contributed by atoms with Gasteiger partial charge in [-0.3, -0.25) is 0 Å². The first kappa shape index (κ1) is 15.7. The Bertz CT molecular complexity index is 468. The van der Waals surface area contributed by atoms with Gasteiger partial charge in [-0.15, -0.1) is 0 Å². The lowest BCUT2D eigenvalue weighted by atomic mass is 9.83. The Kier molecular flexibility index (Phi) is 5.97. The van der Waals surface area contributed by atoms with E-state index < -0.39 is 6.61 Å². The third-order valence-corrected chi connectivity index (χ3v) is 3.95. The monoisotopic (exact) mass is 292 g/mol. The molecule has 1 nitrogen and oxygen atoms in total. The molecule has 0 saturated heterocycles. The maximum Gasteiger partial charge on any atom is 0.387 e. The molecule has 0 bridgehead atoms. The second-order valence-corrected chi connectivity index (χ2v) is 5.71. The van der Waals surface area contributed by atoms with Crippen LogP contribution in [0, 0.1) is 11.8 Å². The number of ether oxygens (including phenoxy) is 1. The van der Waals surface area contributed by atoms with Gasteiger partial charge in [-0.2, -0.15) is 8.78 Å². The van der Waals surface area contributed by atoms with Gasteiger partial charge in [-0.25, -0.2) is 0 Å². The number of hydrogen-bond acceptors (Lipinski definition) is 1. The zero-order valence-electron chi connectivity index (χ0n) is 12.3. The van der Waals surface area contributed by atoms with Gasteiger partial charge < -0.3 is 4.74 Å². The Morgan fingerprint density at radius 1 is 1.05 bits per heavy atom. The van der Waals surface area contributed by atoms with Crippen molar-refractivity contribution in [3.05, 3.63) is 48.1 Å². The summed E-state index contributed by atoms with van der Waals surface area (Å²) in [4.78, 5) is 0. The molecule has 21 heavy (non-hydrogen) atoms. The lowest BCUT2D eigenvalue weighted by Crippen LogP contribution is -2.09. The zero-order chi connectivity index (χ0) is 15.1. The quantitative estimate of drug-likeness (QED) is 0.634. The number of allylic oxidation sites excluding steroid dienone is 3. The fourth-order valence-electron chi connectivity index (χ4n) is 2.63. The van der Waals surface area contributed by atoms with Crippen molar-refractivity contribution < 1.29 is 13.5 Å². The predicted molar refractivity (Wildman–Crippen MR) is 82.4 cm³/mol. The van der Waals surface area contributed by atoms with E-state index in [4.69, 9.17) is 0 Å². The summed E-state index contributed by atoms with van der Waals surface area (Å²) in [5.41, 5.74) is 0.971. The number of rotatable bonds is 5. The summed E-state index contributed by atoms with van der Waals surface area (Å²) in [5, 5.41) is 0. The molecule has 0 radical (unpaired) electrons. The van der Waals surface area contributed by atoms with E-state index in [-0.39, 0.29) is 5.75 Å². The third-order valence-electron chi connectivity index (χ3n) is 3.95. The number of benzene rings is 1. The molecule has 0 heterocycles. The van der Waals surface area contributed by atoms with Crippen LogP contribution in [-0.2, 0) is 0 Å². The summed E-state index contributed by atoms with van der Waals surface area (Å²) < 4.78 is 28.4. The van der Waals surface area contributed by atoms with Gasteiger partial charge >= 0.3 is 6.61 Å². The van der Waals surface area contributed by atoms with Crippen molar-refractivity contribution in [1.29, 1.82) is 0 Å². The molecule has 1 aromatic rings. The van der Waals surface area contributed by atoms with Crippen LogP contribution in [0.4, 0.5) is 8.78 Å². The first-order chi connectivity index (χ1) is 10.1. The van der Waals surface area contributed by atoms with Crippen molar-refractivity contribution in [3.63, 3.8) is 0 Å². The molecule has 0 spiro atoms. The molecule has 0 amide bonds. The molecule has 1 aliphatic carbocycles. The highest BCUT2D eigenvalue weighted by atomic mass is 19.3.